The second kappa shape index (κ2) is 6.36. The highest BCUT2D eigenvalue weighted by Crippen LogP contribution is 2.28. The Balaban J connectivity index is 2.06. The van der Waals surface area contributed by atoms with Gasteiger partial charge in [0.25, 0.3) is 0 Å². The molecule has 1 aromatic rings. The second-order valence-electron chi connectivity index (χ2n) is 4.38. The molecule has 5 nitrogen and oxygen atoms in total. The topological polar surface area (TPSA) is 59.6 Å². The minimum Gasteiger partial charge on any atom is -0.495 e. The minimum atomic E-state index is -0.167. The highest BCUT2D eigenvalue weighted by Gasteiger charge is 2.32. The SMILES string of the molecule is CNC1COCC1C(=O)Nc1ccc(Br)c(OC)c1. The van der Waals surface area contributed by atoms with Gasteiger partial charge in [0, 0.05) is 17.8 Å². The summed E-state index contributed by atoms with van der Waals surface area (Å²) in [7, 11) is 3.43. The molecular formula is C13H17BrN2O3. The molecule has 2 rings (SSSR count). The van der Waals surface area contributed by atoms with E-state index in [0.29, 0.717) is 24.7 Å². The Kier molecular flexibility index (Phi) is 4.79. The molecule has 2 atom stereocenters. The molecule has 19 heavy (non-hydrogen) atoms. The average Bonchev–Trinajstić information content (AvgIpc) is 2.89. The molecule has 1 aliphatic heterocycles. The summed E-state index contributed by atoms with van der Waals surface area (Å²) < 4.78 is 11.4. The third-order valence-electron chi connectivity index (χ3n) is 3.21. The van der Waals surface area contributed by atoms with Gasteiger partial charge in [-0.25, -0.2) is 0 Å². The van der Waals surface area contributed by atoms with Gasteiger partial charge in [0.05, 0.1) is 30.7 Å². The van der Waals surface area contributed by atoms with Gasteiger partial charge in [0.2, 0.25) is 5.91 Å². The molecule has 1 saturated heterocycles. The van der Waals surface area contributed by atoms with Crippen molar-refractivity contribution in [2.75, 3.05) is 32.7 Å². The van der Waals surface area contributed by atoms with Crippen molar-refractivity contribution in [1.82, 2.24) is 5.32 Å². The van der Waals surface area contributed by atoms with Crippen molar-refractivity contribution in [3.8, 4) is 5.75 Å². The van der Waals surface area contributed by atoms with Crippen molar-refractivity contribution < 1.29 is 14.3 Å². The van der Waals surface area contributed by atoms with Gasteiger partial charge in [0.1, 0.15) is 5.75 Å². The Labute approximate surface area is 120 Å². The molecule has 0 saturated carbocycles. The molecule has 1 aromatic carbocycles. The van der Waals surface area contributed by atoms with Crippen LogP contribution in [0.15, 0.2) is 22.7 Å². The number of hydrogen-bond acceptors (Lipinski definition) is 4. The Morgan fingerprint density at radius 3 is 2.95 bits per heavy atom. The number of ether oxygens (including phenoxy) is 2. The number of halogens is 1. The number of likely N-dealkylation sites (N-methyl/N-ethyl adjacent to an activating group) is 1. The molecule has 6 heteroatoms. The second-order valence-corrected chi connectivity index (χ2v) is 5.23. The van der Waals surface area contributed by atoms with E-state index in [2.05, 4.69) is 26.6 Å². The van der Waals surface area contributed by atoms with Crippen molar-refractivity contribution >= 4 is 27.5 Å². The van der Waals surface area contributed by atoms with Crippen molar-refractivity contribution in [3.63, 3.8) is 0 Å². The van der Waals surface area contributed by atoms with Crippen LogP contribution in [0.5, 0.6) is 5.75 Å². The van der Waals surface area contributed by atoms with Gasteiger partial charge in [0.15, 0.2) is 0 Å². The third kappa shape index (κ3) is 3.26. The number of carbonyl (C=O) groups excluding carboxylic acids is 1. The smallest absolute Gasteiger partial charge is 0.231 e. The summed E-state index contributed by atoms with van der Waals surface area (Å²) in [6.07, 6.45) is 0. The number of hydrogen-bond donors (Lipinski definition) is 2. The molecular weight excluding hydrogens is 312 g/mol. The molecule has 1 fully saturated rings. The summed E-state index contributed by atoms with van der Waals surface area (Å²) >= 11 is 3.38. The highest BCUT2D eigenvalue weighted by molar-refractivity contribution is 9.10. The summed E-state index contributed by atoms with van der Waals surface area (Å²) in [5.41, 5.74) is 0.715. The first-order valence-electron chi connectivity index (χ1n) is 6.05. The monoisotopic (exact) mass is 328 g/mol. The largest absolute Gasteiger partial charge is 0.495 e. The van der Waals surface area contributed by atoms with E-state index >= 15 is 0 Å². The number of rotatable bonds is 4. The highest BCUT2D eigenvalue weighted by atomic mass is 79.9. The van der Waals surface area contributed by atoms with Crippen LogP contribution in [0, 0.1) is 5.92 Å². The average molecular weight is 329 g/mol. The van der Waals surface area contributed by atoms with Gasteiger partial charge in [-0.05, 0) is 35.1 Å². The third-order valence-corrected chi connectivity index (χ3v) is 3.86. The number of benzene rings is 1. The zero-order chi connectivity index (χ0) is 13.8. The van der Waals surface area contributed by atoms with E-state index in [9.17, 15) is 4.79 Å². The molecule has 1 amide bonds. The van der Waals surface area contributed by atoms with Gasteiger partial charge in [-0.3, -0.25) is 4.79 Å². The first-order chi connectivity index (χ1) is 9.15. The van der Waals surface area contributed by atoms with Gasteiger partial charge < -0.3 is 20.1 Å². The van der Waals surface area contributed by atoms with Crippen molar-refractivity contribution in [2.24, 2.45) is 5.92 Å². The maximum atomic E-state index is 12.2. The summed E-state index contributed by atoms with van der Waals surface area (Å²) in [6.45, 7) is 1.02. The van der Waals surface area contributed by atoms with Gasteiger partial charge in [-0.2, -0.15) is 0 Å². The zero-order valence-corrected chi connectivity index (χ0v) is 12.5. The van der Waals surface area contributed by atoms with E-state index in [0.717, 1.165) is 4.47 Å². The van der Waals surface area contributed by atoms with Crippen LogP contribution in [0.25, 0.3) is 0 Å². The molecule has 0 aromatic heterocycles. The first kappa shape index (κ1) is 14.3. The summed E-state index contributed by atoms with van der Waals surface area (Å²) in [5.74, 6) is 0.478. The Bertz CT molecular complexity index is 467. The lowest BCUT2D eigenvalue weighted by atomic mass is 10.0. The lowest BCUT2D eigenvalue weighted by Gasteiger charge is -2.16. The van der Waals surface area contributed by atoms with E-state index in [4.69, 9.17) is 9.47 Å². The fourth-order valence-corrected chi connectivity index (χ4v) is 2.48. The minimum absolute atomic E-state index is 0.0405. The van der Waals surface area contributed by atoms with E-state index in [1.54, 1.807) is 13.2 Å². The molecule has 0 aliphatic carbocycles. The molecule has 1 aliphatic rings. The number of nitrogens with one attached hydrogen (secondary N) is 2. The number of anilines is 1. The number of methoxy groups -OCH3 is 1. The lowest BCUT2D eigenvalue weighted by molar-refractivity contribution is -0.120. The number of amides is 1. The quantitative estimate of drug-likeness (QED) is 0.882. The fourth-order valence-electron chi connectivity index (χ4n) is 2.07. The summed E-state index contributed by atoms with van der Waals surface area (Å²) in [6, 6.07) is 5.52. The maximum absolute atomic E-state index is 12.2. The predicted molar refractivity (Wildman–Crippen MR) is 76.5 cm³/mol. The predicted octanol–water partition coefficient (Wildman–Crippen LogP) is 1.63. The van der Waals surface area contributed by atoms with Crippen LogP contribution >= 0.6 is 15.9 Å². The standard InChI is InChI=1S/C13H17BrN2O3/c1-15-11-7-19-6-9(11)13(17)16-8-3-4-10(14)12(5-8)18-2/h3-5,9,11,15H,6-7H2,1-2H3,(H,16,17). The summed E-state index contributed by atoms with van der Waals surface area (Å²) in [5, 5.41) is 5.98. The summed E-state index contributed by atoms with van der Waals surface area (Å²) in [4.78, 5) is 12.2. The van der Waals surface area contributed by atoms with Crippen LogP contribution in [-0.2, 0) is 9.53 Å². The molecule has 0 radical (unpaired) electrons. The van der Waals surface area contributed by atoms with Crippen LogP contribution in [0.1, 0.15) is 0 Å². The van der Waals surface area contributed by atoms with Crippen molar-refractivity contribution in [3.05, 3.63) is 22.7 Å². The molecule has 2 unspecified atom stereocenters. The van der Waals surface area contributed by atoms with E-state index < -0.39 is 0 Å². The van der Waals surface area contributed by atoms with Crippen LogP contribution in [0.4, 0.5) is 5.69 Å². The lowest BCUT2D eigenvalue weighted by Crippen LogP contribution is -2.39. The Morgan fingerprint density at radius 2 is 2.26 bits per heavy atom. The molecule has 104 valence electrons. The molecule has 0 spiro atoms. The Hall–Kier alpha value is -1.11. The maximum Gasteiger partial charge on any atom is 0.231 e. The first-order valence-corrected chi connectivity index (χ1v) is 6.84. The number of carbonyl (C=O) groups is 1. The van der Waals surface area contributed by atoms with Crippen LogP contribution in [0.2, 0.25) is 0 Å². The normalized spacial score (nSPS) is 22.3. The van der Waals surface area contributed by atoms with Crippen LogP contribution in [0.3, 0.4) is 0 Å². The molecule has 0 bridgehead atoms. The zero-order valence-electron chi connectivity index (χ0n) is 10.9. The Morgan fingerprint density at radius 1 is 1.47 bits per heavy atom. The van der Waals surface area contributed by atoms with Crippen molar-refractivity contribution in [2.45, 2.75) is 6.04 Å². The van der Waals surface area contributed by atoms with Gasteiger partial charge >= 0.3 is 0 Å². The van der Waals surface area contributed by atoms with Crippen LogP contribution < -0.4 is 15.4 Å². The van der Waals surface area contributed by atoms with Crippen molar-refractivity contribution in [1.29, 1.82) is 0 Å². The van der Waals surface area contributed by atoms with Crippen LogP contribution in [-0.4, -0.2) is 39.3 Å². The van der Waals surface area contributed by atoms with E-state index in [1.807, 2.05) is 19.2 Å². The van der Waals surface area contributed by atoms with Gasteiger partial charge in [-0.1, -0.05) is 0 Å². The molecule has 2 N–H and O–H groups in total. The fraction of sp³-hybridized carbons (Fsp3) is 0.462. The van der Waals surface area contributed by atoms with E-state index in [-0.39, 0.29) is 17.9 Å². The molecule has 1 heterocycles. The van der Waals surface area contributed by atoms with Gasteiger partial charge in [-0.15, -0.1) is 0 Å². The van der Waals surface area contributed by atoms with E-state index in [1.165, 1.54) is 0 Å².